The maximum absolute atomic E-state index is 12.5. The van der Waals surface area contributed by atoms with Crippen LogP contribution in [0.1, 0.15) is 45.1 Å². The summed E-state index contributed by atoms with van der Waals surface area (Å²) in [5, 5.41) is 0. The zero-order chi connectivity index (χ0) is 20.4. The van der Waals surface area contributed by atoms with Gasteiger partial charge in [-0.15, -0.1) is 0 Å². The monoisotopic (exact) mass is 384 g/mol. The third-order valence-electron chi connectivity index (χ3n) is 4.22. The molecule has 28 heavy (non-hydrogen) atoms. The summed E-state index contributed by atoms with van der Waals surface area (Å²) in [6.45, 7) is 6.14. The Morgan fingerprint density at radius 2 is 1.50 bits per heavy atom. The lowest BCUT2D eigenvalue weighted by atomic mass is 9.94. The molecule has 6 nitrogen and oxygen atoms in total. The van der Waals surface area contributed by atoms with Crippen LogP contribution >= 0.6 is 0 Å². The fraction of sp³-hybridized carbons (Fsp3) is 0.364. The Morgan fingerprint density at radius 3 is 2.11 bits per heavy atom. The number of hydrogen-bond acceptors (Lipinski definition) is 4. The van der Waals surface area contributed by atoms with Crippen LogP contribution in [0, 0.1) is 0 Å². The Morgan fingerprint density at radius 1 is 0.893 bits per heavy atom. The summed E-state index contributed by atoms with van der Waals surface area (Å²) in [6.07, 6.45) is 0.793. The molecule has 0 spiro atoms. The molecule has 0 bridgehead atoms. The number of nitrogens with one attached hydrogen (secondary N) is 2. The fourth-order valence-corrected chi connectivity index (χ4v) is 2.77. The average Bonchev–Trinajstić information content (AvgIpc) is 2.72. The second-order valence-corrected chi connectivity index (χ2v) is 6.39. The lowest BCUT2D eigenvalue weighted by Gasteiger charge is -2.19. The molecular weight excluding hydrogens is 356 g/mol. The van der Waals surface area contributed by atoms with Gasteiger partial charge in [-0.1, -0.05) is 43.7 Å². The molecule has 2 aromatic rings. The van der Waals surface area contributed by atoms with Gasteiger partial charge in [0.2, 0.25) is 5.91 Å². The van der Waals surface area contributed by atoms with Gasteiger partial charge < -0.3 is 9.47 Å². The van der Waals surface area contributed by atoms with Crippen molar-refractivity contribution in [1.29, 1.82) is 0 Å². The molecule has 150 valence electrons. The van der Waals surface area contributed by atoms with Gasteiger partial charge in [0.15, 0.2) is 6.10 Å². The summed E-state index contributed by atoms with van der Waals surface area (Å²) in [5.74, 6) is 0.307. The minimum absolute atomic E-state index is 0.241. The Balaban J connectivity index is 1.88. The second-order valence-electron chi connectivity index (χ2n) is 6.39. The largest absolute Gasteiger partial charge is 0.494 e. The van der Waals surface area contributed by atoms with Gasteiger partial charge in [0, 0.05) is 0 Å². The molecule has 0 saturated heterocycles. The van der Waals surface area contributed by atoms with Gasteiger partial charge in [-0.3, -0.25) is 20.4 Å². The lowest BCUT2D eigenvalue weighted by molar-refractivity contribution is -0.133. The minimum atomic E-state index is -0.764. The van der Waals surface area contributed by atoms with Crippen molar-refractivity contribution in [2.75, 3.05) is 6.61 Å². The molecule has 0 unspecified atom stereocenters. The summed E-state index contributed by atoms with van der Waals surface area (Å²) >= 11 is 0. The third kappa shape index (κ3) is 6.30. The fourth-order valence-electron chi connectivity index (χ4n) is 2.77. The van der Waals surface area contributed by atoms with Gasteiger partial charge >= 0.3 is 0 Å². The first-order valence-corrected chi connectivity index (χ1v) is 9.59. The molecular formula is C22H28N2O4. The predicted molar refractivity (Wildman–Crippen MR) is 108 cm³/mol. The van der Waals surface area contributed by atoms with E-state index in [-0.39, 0.29) is 11.8 Å². The maximum atomic E-state index is 12.5. The van der Waals surface area contributed by atoms with E-state index in [0.717, 1.165) is 17.7 Å². The van der Waals surface area contributed by atoms with E-state index in [1.54, 1.807) is 31.2 Å². The molecule has 0 aliphatic carbocycles. The zero-order valence-corrected chi connectivity index (χ0v) is 16.6. The van der Waals surface area contributed by atoms with Crippen molar-refractivity contribution in [2.45, 2.75) is 45.6 Å². The minimum Gasteiger partial charge on any atom is -0.494 e. The molecule has 0 aromatic heterocycles. The predicted octanol–water partition coefficient (Wildman–Crippen LogP) is 3.58. The van der Waals surface area contributed by atoms with E-state index in [9.17, 15) is 9.59 Å². The molecule has 2 rings (SSSR count). The molecule has 0 fully saturated rings. The number of rotatable bonds is 9. The van der Waals surface area contributed by atoms with Gasteiger partial charge in [0.25, 0.3) is 5.91 Å². The van der Waals surface area contributed by atoms with Crippen molar-refractivity contribution >= 4 is 11.8 Å². The van der Waals surface area contributed by atoms with Gasteiger partial charge in [-0.25, -0.2) is 0 Å². The molecule has 0 radical (unpaired) electrons. The Labute approximate surface area is 166 Å². The summed E-state index contributed by atoms with van der Waals surface area (Å²) < 4.78 is 11.0. The van der Waals surface area contributed by atoms with Gasteiger partial charge in [-0.2, -0.15) is 0 Å². The van der Waals surface area contributed by atoms with Crippen LogP contribution in [0.5, 0.6) is 11.5 Å². The van der Waals surface area contributed by atoms with E-state index in [0.29, 0.717) is 18.8 Å². The summed E-state index contributed by atoms with van der Waals surface area (Å²) in [7, 11) is 0. The smallest absolute Gasteiger partial charge is 0.279 e. The molecule has 2 N–H and O–H groups in total. The lowest BCUT2D eigenvalue weighted by Crippen LogP contribution is -2.48. The third-order valence-corrected chi connectivity index (χ3v) is 4.22. The number of hydrazine groups is 1. The molecule has 2 atom stereocenters. The van der Waals surface area contributed by atoms with E-state index in [2.05, 4.69) is 10.9 Å². The first kappa shape index (κ1) is 21.3. The highest BCUT2D eigenvalue weighted by molar-refractivity contribution is 5.87. The Kier molecular flexibility index (Phi) is 8.34. The molecule has 0 aliphatic rings. The zero-order valence-electron chi connectivity index (χ0n) is 16.6. The Bertz CT molecular complexity index is 747. The molecule has 6 heteroatoms. The van der Waals surface area contributed by atoms with E-state index < -0.39 is 12.0 Å². The average molecular weight is 384 g/mol. The molecule has 0 heterocycles. The molecule has 0 aliphatic heterocycles. The number of carbonyl (C=O) groups is 2. The van der Waals surface area contributed by atoms with Crippen molar-refractivity contribution in [3.63, 3.8) is 0 Å². The van der Waals surface area contributed by atoms with Crippen molar-refractivity contribution < 1.29 is 19.1 Å². The first-order valence-electron chi connectivity index (χ1n) is 9.59. The van der Waals surface area contributed by atoms with E-state index >= 15 is 0 Å². The second kappa shape index (κ2) is 11.0. The highest BCUT2D eigenvalue weighted by Crippen LogP contribution is 2.21. The van der Waals surface area contributed by atoms with Crippen molar-refractivity contribution in [2.24, 2.45) is 0 Å². The number of hydrogen-bond donors (Lipinski definition) is 2. The molecule has 2 amide bonds. The standard InChI is InChI=1S/C22H28N2O4/c1-4-9-20(17-10-7-6-8-11-17)22(26)24-23-21(25)16(3)28-19-14-12-18(13-15-19)27-5-2/h6-8,10-16,20H,4-5,9H2,1-3H3,(H,23,25)(H,24,26)/t16-,20+/m0/s1. The number of amides is 2. The van der Waals surface area contributed by atoms with Crippen molar-refractivity contribution in [3.05, 3.63) is 60.2 Å². The van der Waals surface area contributed by atoms with Crippen LogP contribution in [0.2, 0.25) is 0 Å². The van der Waals surface area contributed by atoms with E-state index in [1.165, 1.54) is 0 Å². The van der Waals surface area contributed by atoms with Gasteiger partial charge in [0.1, 0.15) is 11.5 Å². The number of carbonyl (C=O) groups excluding carboxylic acids is 2. The maximum Gasteiger partial charge on any atom is 0.279 e. The number of ether oxygens (including phenoxy) is 2. The van der Waals surface area contributed by atoms with Crippen molar-refractivity contribution in [3.8, 4) is 11.5 Å². The van der Waals surface area contributed by atoms with E-state index in [4.69, 9.17) is 9.47 Å². The summed E-state index contributed by atoms with van der Waals surface area (Å²) in [6, 6.07) is 16.6. The van der Waals surface area contributed by atoms with Crippen LogP contribution < -0.4 is 20.3 Å². The van der Waals surface area contributed by atoms with Crippen LogP contribution in [0.4, 0.5) is 0 Å². The molecule has 2 aromatic carbocycles. The first-order chi connectivity index (χ1) is 13.5. The van der Waals surface area contributed by atoms with Crippen LogP contribution in [-0.4, -0.2) is 24.5 Å². The highest BCUT2D eigenvalue weighted by Gasteiger charge is 2.21. The van der Waals surface area contributed by atoms with Crippen LogP contribution in [-0.2, 0) is 9.59 Å². The highest BCUT2D eigenvalue weighted by atomic mass is 16.5. The summed E-state index contributed by atoms with van der Waals surface area (Å²) in [4.78, 5) is 24.8. The molecule has 0 saturated carbocycles. The van der Waals surface area contributed by atoms with Crippen LogP contribution in [0.25, 0.3) is 0 Å². The van der Waals surface area contributed by atoms with Crippen molar-refractivity contribution in [1.82, 2.24) is 10.9 Å². The van der Waals surface area contributed by atoms with Gasteiger partial charge in [0.05, 0.1) is 12.5 Å². The van der Waals surface area contributed by atoms with Gasteiger partial charge in [-0.05, 0) is 50.1 Å². The SMILES string of the molecule is CCC[C@@H](C(=O)NNC(=O)[C@H](C)Oc1ccc(OCC)cc1)c1ccccc1. The van der Waals surface area contributed by atoms with E-state index in [1.807, 2.05) is 44.2 Å². The topological polar surface area (TPSA) is 76.7 Å². The summed E-state index contributed by atoms with van der Waals surface area (Å²) in [5.41, 5.74) is 5.90. The van der Waals surface area contributed by atoms with Crippen LogP contribution in [0.3, 0.4) is 0 Å². The number of benzene rings is 2. The van der Waals surface area contributed by atoms with Crippen LogP contribution in [0.15, 0.2) is 54.6 Å². The Hall–Kier alpha value is -3.02. The quantitative estimate of drug-likeness (QED) is 0.648. The normalized spacial score (nSPS) is 12.5.